The fourth-order valence-corrected chi connectivity index (χ4v) is 1.57. The summed E-state index contributed by atoms with van der Waals surface area (Å²) in [4.78, 5) is 11.2. The molecule has 0 saturated carbocycles. The minimum atomic E-state index is -0.0319. The molecular formula is C14H23ClN2O4. The first-order valence-electron chi connectivity index (χ1n) is 6.52. The molecule has 6 nitrogen and oxygen atoms in total. The fourth-order valence-electron chi connectivity index (χ4n) is 1.57. The predicted molar refractivity (Wildman–Crippen MR) is 83.6 cm³/mol. The molecule has 1 aromatic rings. The molecule has 3 N–H and O–H groups in total. The first-order valence-corrected chi connectivity index (χ1v) is 6.52. The van der Waals surface area contributed by atoms with Crippen molar-refractivity contribution in [1.29, 1.82) is 0 Å². The quantitative estimate of drug-likeness (QED) is 0.672. The van der Waals surface area contributed by atoms with Gasteiger partial charge in [-0.2, -0.15) is 0 Å². The van der Waals surface area contributed by atoms with Crippen LogP contribution >= 0.6 is 12.4 Å². The van der Waals surface area contributed by atoms with Crippen LogP contribution in [0.1, 0.15) is 12.8 Å². The summed E-state index contributed by atoms with van der Waals surface area (Å²) in [6.07, 6.45) is 1.07. The Balaban J connectivity index is 0.00000400. The molecular weight excluding hydrogens is 296 g/mol. The van der Waals surface area contributed by atoms with Crippen molar-refractivity contribution in [3.05, 3.63) is 18.2 Å². The summed E-state index contributed by atoms with van der Waals surface area (Å²) >= 11 is 0. The van der Waals surface area contributed by atoms with Crippen molar-refractivity contribution in [2.24, 2.45) is 5.73 Å². The second kappa shape index (κ2) is 11.0. The number of amides is 1. The smallest absolute Gasteiger partial charge is 0.221 e. The van der Waals surface area contributed by atoms with Gasteiger partial charge in [0.05, 0.1) is 20.8 Å². The van der Waals surface area contributed by atoms with E-state index in [2.05, 4.69) is 5.32 Å². The van der Waals surface area contributed by atoms with Crippen LogP contribution in [0.4, 0.5) is 0 Å². The zero-order valence-electron chi connectivity index (χ0n) is 12.4. The summed E-state index contributed by atoms with van der Waals surface area (Å²) in [6, 6.07) is 5.35. The highest BCUT2D eigenvalue weighted by Gasteiger charge is 2.03. The minimum absolute atomic E-state index is 0. The third kappa shape index (κ3) is 7.63. The number of nitrogens with one attached hydrogen (secondary N) is 1. The van der Waals surface area contributed by atoms with E-state index in [1.807, 2.05) is 0 Å². The van der Waals surface area contributed by atoms with Gasteiger partial charge >= 0.3 is 0 Å². The molecule has 0 aliphatic carbocycles. The van der Waals surface area contributed by atoms with E-state index in [1.165, 1.54) is 0 Å². The van der Waals surface area contributed by atoms with Crippen LogP contribution in [-0.2, 0) is 4.79 Å². The molecule has 0 saturated heterocycles. The van der Waals surface area contributed by atoms with Crippen molar-refractivity contribution >= 4 is 18.3 Å². The van der Waals surface area contributed by atoms with Crippen LogP contribution in [0.25, 0.3) is 0 Å². The summed E-state index contributed by atoms with van der Waals surface area (Å²) in [5, 5.41) is 2.77. The van der Waals surface area contributed by atoms with E-state index in [0.717, 1.165) is 6.42 Å². The van der Waals surface area contributed by atoms with Crippen LogP contribution in [0.5, 0.6) is 17.2 Å². The van der Waals surface area contributed by atoms with Crippen molar-refractivity contribution in [2.45, 2.75) is 12.8 Å². The lowest BCUT2D eigenvalue weighted by Crippen LogP contribution is -2.27. The Bertz CT molecular complexity index is 407. The molecule has 0 fully saturated rings. The Kier molecular flexibility index (Phi) is 10.2. The van der Waals surface area contributed by atoms with Gasteiger partial charge in [0.1, 0.15) is 17.2 Å². The van der Waals surface area contributed by atoms with E-state index in [1.54, 1.807) is 32.4 Å². The van der Waals surface area contributed by atoms with Gasteiger partial charge in [-0.25, -0.2) is 0 Å². The highest BCUT2D eigenvalue weighted by atomic mass is 35.5. The van der Waals surface area contributed by atoms with E-state index in [0.29, 0.717) is 43.4 Å². The Hall–Kier alpha value is -1.66. The monoisotopic (exact) mass is 318 g/mol. The molecule has 1 aromatic carbocycles. The molecule has 7 heteroatoms. The molecule has 0 radical (unpaired) electrons. The lowest BCUT2D eigenvalue weighted by molar-refractivity contribution is -0.120. The number of hydrogen-bond acceptors (Lipinski definition) is 5. The lowest BCUT2D eigenvalue weighted by atomic mass is 10.3. The Morgan fingerprint density at radius 1 is 1.14 bits per heavy atom. The second-order valence-corrected chi connectivity index (χ2v) is 4.14. The number of hydrogen-bond donors (Lipinski definition) is 2. The number of carbonyl (C=O) groups is 1. The molecule has 21 heavy (non-hydrogen) atoms. The summed E-state index contributed by atoms with van der Waals surface area (Å²) in [6.45, 7) is 1.44. The SMILES string of the molecule is COc1cc(OC)cc(OCCCNC(=O)CCN)c1.Cl. The molecule has 0 aliphatic rings. The van der Waals surface area contributed by atoms with E-state index in [-0.39, 0.29) is 18.3 Å². The molecule has 0 spiro atoms. The van der Waals surface area contributed by atoms with Gasteiger partial charge in [0.15, 0.2) is 0 Å². The van der Waals surface area contributed by atoms with E-state index < -0.39 is 0 Å². The maximum absolute atomic E-state index is 11.2. The molecule has 1 rings (SSSR count). The summed E-state index contributed by atoms with van der Waals surface area (Å²) in [5.41, 5.74) is 5.28. The first-order chi connectivity index (χ1) is 9.69. The van der Waals surface area contributed by atoms with Crippen LogP contribution in [-0.4, -0.2) is 39.8 Å². The fraction of sp³-hybridized carbons (Fsp3) is 0.500. The van der Waals surface area contributed by atoms with Gasteiger partial charge in [-0.05, 0) is 6.42 Å². The first kappa shape index (κ1) is 19.3. The molecule has 1 amide bonds. The number of methoxy groups -OCH3 is 2. The topological polar surface area (TPSA) is 82.8 Å². The maximum atomic E-state index is 11.2. The van der Waals surface area contributed by atoms with Crippen LogP contribution in [0, 0.1) is 0 Å². The van der Waals surface area contributed by atoms with Gasteiger partial charge in [-0.1, -0.05) is 0 Å². The number of nitrogens with two attached hydrogens (primary N) is 1. The minimum Gasteiger partial charge on any atom is -0.496 e. The molecule has 0 atom stereocenters. The van der Waals surface area contributed by atoms with Crippen molar-refractivity contribution in [3.63, 3.8) is 0 Å². The Morgan fingerprint density at radius 2 is 1.71 bits per heavy atom. The number of ether oxygens (including phenoxy) is 3. The lowest BCUT2D eigenvalue weighted by Gasteiger charge is -2.10. The van der Waals surface area contributed by atoms with Crippen molar-refractivity contribution < 1.29 is 19.0 Å². The number of benzene rings is 1. The maximum Gasteiger partial charge on any atom is 0.221 e. The average molecular weight is 319 g/mol. The van der Waals surface area contributed by atoms with Crippen molar-refractivity contribution in [2.75, 3.05) is 33.9 Å². The van der Waals surface area contributed by atoms with Gasteiger partial charge in [0, 0.05) is 37.7 Å². The molecule has 0 aliphatic heterocycles. The van der Waals surface area contributed by atoms with Gasteiger partial charge < -0.3 is 25.3 Å². The van der Waals surface area contributed by atoms with Crippen molar-refractivity contribution in [3.8, 4) is 17.2 Å². The zero-order chi connectivity index (χ0) is 14.8. The summed E-state index contributed by atoms with van der Waals surface area (Å²) in [7, 11) is 3.18. The van der Waals surface area contributed by atoms with Gasteiger partial charge in [0.25, 0.3) is 0 Å². The second-order valence-electron chi connectivity index (χ2n) is 4.14. The number of rotatable bonds is 9. The van der Waals surface area contributed by atoms with Crippen LogP contribution in [0.3, 0.4) is 0 Å². The molecule has 0 aromatic heterocycles. The third-order valence-corrected chi connectivity index (χ3v) is 2.61. The Labute approximate surface area is 131 Å². The average Bonchev–Trinajstić information content (AvgIpc) is 2.46. The summed E-state index contributed by atoms with van der Waals surface area (Å²) in [5.74, 6) is 2.00. The molecule has 0 unspecified atom stereocenters. The Morgan fingerprint density at radius 3 is 2.24 bits per heavy atom. The molecule has 120 valence electrons. The van der Waals surface area contributed by atoms with Gasteiger partial charge in [-0.15, -0.1) is 12.4 Å². The van der Waals surface area contributed by atoms with Gasteiger partial charge in [-0.3, -0.25) is 4.79 Å². The predicted octanol–water partition coefficient (Wildman–Crippen LogP) is 1.36. The normalized spacial score (nSPS) is 9.48. The van der Waals surface area contributed by atoms with Gasteiger partial charge in [0.2, 0.25) is 5.91 Å². The molecule has 0 heterocycles. The highest BCUT2D eigenvalue weighted by molar-refractivity contribution is 5.85. The van der Waals surface area contributed by atoms with E-state index >= 15 is 0 Å². The molecule has 0 bridgehead atoms. The standard InChI is InChI=1S/C14H22N2O4.ClH/c1-18-11-8-12(19-2)10-13(9-11)20-7-3-6-16-14(17)4-5-15;/h8-10H,3-7,15H2,1-2H3,(H,16,17);1H. The highest BCUT2D eigenvalue weighted by Crippen LogP contribution is 2.27. The summed E-state index contributed by atoms with van der Waals surface area (Å²) < 4.78 is 15.9. The largest absolute Gasteiger partial charge is 0.496 e. The zero-order valence-corrected chi connectivity index (χ0v) is 13.2. The van der Waals surface area contributed by atoms with E-state index in [9.17, 15) is 4.79 Å². The third-order valence-electron chi connectivity index (χ3n) is 2.61. The van der Waals surface area contributed by atoms with Crippen LogP contribution in [0.2, 0.25) is 0 Å². The number of carbonyl (C=O) groups excluding carboxylic acids is 1. The van der Waals surface area contributed by atoms with Crippen LogP contribution in [0.15, 0.2) is 18.2 Å². The van der Waals surface area contributed by atoms with Crippen LogP contribution < -0.4 is 25.3 Å². The van der Waals surface area contributed by atoms with Crippen molar-refractivity contribution in [1.82, 2.24) is 5.32 Å². The van der Waals surface area contributed by atoms with E-state index in [4.69, 9.17) is 19.9 Å². The number of halogens is 1.